The van der Waals surface area contributed by atoms with Crippen molar-refractivity contribution in [2.75, 3.05) is 117 Å². The van der Waals surface area contributed by atoms with Gasteiger partial charge in [0.2, 0.25) is 29.5 Å². The summed E-state index contributed by atoms with van der Waals surface area (Å²) in [7, 11) is 0. The molecule has 1 aromatic rings. The van der Waals surface area contributed by atoms with E-state index in [4.69, 9.17) is 33.5 Å². The average molecular weight is 1540 g/mol. The van der Waals surface area contributed by atoms with Crippen LogP contribution in [-0.4, -0.2) is 229 Å². The Hall–Kier alpha value is -6.26. The van der Waals surface area contributed by atoms with Crippen LogP contribution < -0.4 is 16.0 Å². The number of hydrogen-bond acceptors (Lipinski definition) is 21. The normalized spacial score (nSPS) is 12.7. The van der Waals surface area contributed by atoms with Crippen LogP contribution in [0.1, 0.15) is 286 Å². The van der Waals surface area contributed by atoms with E-state index in [2.05, 4.69) is 45.0 Å². The van der Waals surface area contributed by atoms with Crippen molar-refractivity contribution in [2.45, 2.75) is 306 Å². The topological polar surface area (TPSA) is 340 Å². The zero-order chi connectivity index (χ0) is 78.1. The molecule has 107 heavy (non-hydrogen) atoms. The van der Waals surface area contributed by atoms with E-state index < -0.39 is 30.1 Å². The number of ether oxygens (including phenoxy) is 6. The predicted octanol–water partition coefficient (Wildman–Crippen LogP) is 11.5. The molecule has 1 aliphatic rings. The summed E-state index contributed by atoms with van der Waals surface area (Å²) in [6.45, 7) is 18.8. The molecule has 28 heteroatoms. The molecule has 2 atom stereocenters. The van der Waals surface area contributed by atoms with Crippen LogP contribution in [0.15, 0.2) is 6.20 Å². The van der Waals surface area contributed by atoms with Crippen molar-refractivity contribution in [1.29, 1.82) is 0 Å². The minimum absolute atomic E-state index is 0. The van der Waals surface area contributed by atoms with E-state index in [1.807, 2.05) is 11.8 Å². The van der Waals surface area contributed by atoms with Crippen LogP contribution in [0.25, 0.3) is 0 Å². The van der Waals surface area contributed by atoms with Gasteiger partial charge >= 0.3 is 29.8 Å². The predicted molar refractivity (Wildman–Crippen MR) is 417 cm³/mol. The number of carbonyl (C=O) groups is 11. The number of piperidine rings is 1. The lowest BCUT2D eigenvalue weighted by Crippen LogP contribution is -2.44. The minimum atomic E-state index is -0.908. The number of carboxylic acids is 1. The maximum absolute atomic E-state index is 12.9. The number of aliphatic carboxylic acids is 1. The second-order valence-electron chi connectivity index (χ2n) is 27.4. The number of rotatable bonds is 67. The molecule has 2 rings (SSSR count). The Labute approximate surface area is 646 Å². The number of amides is 5. The highest BCUT2D eigenvalue weighted by Gasteiger charge is 2.26. The van der Waals surface area contributed by atoms with Gasteiger partial charge in [-0.25, -0.2) is 0 Å². The van der Waals surface area contributed by atoms with E-state index in [1.54, 1.807) is 36.7 Å². The fraction of sp³-hybridized carbons (Fsp3) is 0.835. The number of nitrogens with zero attached hydrogens (tertiary/aromatic N) is 6. The molecule has 0 radical (unpaired) electrons. The van der Waals surface area contributed by atoms with Crippen LogP contribution in [0.2, 0.25) is 0 Å². The molecule has 0 bridgehead atoms. The van der Waals surface area contributed by atoms with E-state index in [-0.39, 0.29) is 113 Å². The molecule has 0 aliphatic carbocycles. The number of nitrogens with one attached hydrogen (secondary N) is 3. The monoisotopic (exact) mass is 1540 g/mol. The molecular weight excluding hydrogens is 1390 g/mol. The Morgan fingerprint density at radius 1 is 0.505 bits per heavy atom. The lowest BCUT2D eigenvalue weighted by atomic mass is 9.90. The van der Waals surface area contributed by atoms with Gasteiger partial charge < -0.3 is 64.2 Å². The summed E-state index contributed by atoms with van der Waals surface area (Å²) >= 11 is 1.56. The maximum atomic E-state index is 12.9. The van der Waals surface area contributed by atoms with E-state index in [0.29, 0.717) is 134 Å². The summed E-state index contributed by atoms with van der Waals surface area (Å²) in [5.41, 5.74) is 0.695. The van der Waals surface area contributed by atoms with Crippen LogP contribution in [0.5, 0.6) is 0 Å². The first-order valence-electron chi connectivity index (χ1n) is 40.3. The fourth-order valence-corrected chi connectivity index (χ4v) is 12.7. The van der Waals surface area contributed by atoms with Gasteiger partial charge in [0.15, 0.2) is 12.2 Å². The Morgan fingerprint density at radius 3 is 1.46 bits per heavy atom. The van der Waals surface area contributed by atoms with E-state index in [0.717, 1.165) is 71.0 Å². The number of thioether (sulfide) groups is 1. The molecule has 2 heterocycles. The van der Waals surface area contributed by atoms with Crippen LogP contribution in [-0.2, 0) is 94.1 Å². The number of ketones is 1. The Kier molecular flexibility index (Phi) is 64.9. The van der Waals surface area contributed by atoms with Crippen molar-refractivity contribution in [3.63, 3.8) is 0 Å². The summed E-state index contributed by atoms with van der Waals surface area (Å²) in [5.74, 6) is -1.18. The molecule has 5 amide bonds. The van der Waals surface area contributed by atoms with Gasteiger partial charge in [0, 0.05) is 148 Å². The zero-order valence-electron chi connectivity index (χ0n) is 66.2. The van der Waals surface area contributed by atoms with Crippen molar-refractivity contribution in [3.8, 4) is 0 Å². The minimum Gasteiger partial charge on any atom is -0.481 e. The van der Waals surface area contributed by atoms with Gasteiger partial charge in [-0.3, -0.25) is 57.4 Å². The van der Waals surface area contributed by atoms with Gasteiger partial charge in [0.25, 0.3) is 0 Å². The van der Waals surface area contributed by atoms with Gasteiger partial charge in [-0.05, 0) is 58.0 Å². The summed E-state index contributed by atoms with van der Waals surface area (Å²) < 4.78 is 34.1. The quantitative estimate of drug-likeness (QED) is 0.0267. The lowest BCUT2D eigenvalue weighted by Gasteiger charge is -2.33. The van der Waals surface area contributed by atoms with Crippen LogP contribution in [0.3, 0.4) is 0 Å². The molecule has 2 unspecified atom stereocenters. The fourth-order valence-electron chi connectivity index (χ4n) is 11.8. The standard InChI is InChI=1S/C40H70N6O10S.C38H69N3O8.CH4/c1-4-6-7-8-9-10-11-12-13-14-15-19-40(53)56-35(32-55-33(3)47)31-54-27-23-42-37(49)21-28-57-29-26-45(38(50)5-2)25-22-41-36(48)18-16-17-34-30-46(44-43-34)24-20-39(51)52;1-5-8-9-10-11-12-13-14-15-16-17-20-38(46)49-34(31-48-32(4)42)30-47-29-18-19-35(43)33-21-24-40(25-22-33)27-28-41(37(45)7-3)26-23-39-36(44)6-2;/h30,35H,4-29,31-32H2,1-3H3,(H,41,48)(H,42,49)(H,51,52);33-34H,5-31H2,1-4H3,(H,39,44);1H4. The van der Waals surface area contributed by atoms with E-state index in [9.17, 15) is 52.7 Å². The molecule has 27 nitrogen and oxygen atoms in total. The molecular formula is C79H143N9O18S. The van der Waals surface area contributed by atoms with Crippen molar-refractivity contribution in [3.05, 3.63) is 11.9 Å². The highest BCUT2D eigenvalue weighted by Crippen LogP contribution is 2.21. The highest BCUT2D eigenvalue weighted by molar-refractivity contribution is 7.99. The molecule has 1 fully saturated rings. The number of carbonyl (C=O) groups excluding carboxylic acids is 10. The third-order valence-corrected chi connectivity index (χ3v) is 19.1. The third kappa shape index (κ3) is 59.3. The van der Waals surface area contributed by atoms with Crippen LogP contribution >= 0.6 is 11.8 Å². The summed E-state index contributed by atoms with van der Waals surface area (Å²) in [5, 5.41) is 25.2. The molecule has 618 valence electrons. The molecule has 1 saturated heterocycles. The third-order valence-electron chi connectivity index (χ3n) is 18.1. The smallest absolute Gasteiger partial charge is 0.306 e. The van der Waals surface area contributed by atoms with Crippen molar-refractivity contribution < 1.29 is 86.3 Å². The number of aryl methyl sites for hydroxylation is 2. The largest absolute Gasteiger partial charge is 0.481 e. The summed E-state index contributed by atoms with van der Waals surface area (Å²) in [6, 6.07) is 0. The molecule has 0 aromatic carbocycles. The number of Topliss-reactive ketones (excluding diaryl/α,β-unsaturated/α-hetero) is 1. The Bertz CT molecular complexity index is 2540. The maximum Gasteiger partial charge on any atom is 0.306 e. The number of unbranched alkanes of at least 4 members (excludes halogenated alkanes) is 20. The number of likely N-dealkylation sites (tertiary alicyclic amines) is 1. The first kappa shape index (κ1) is 101. The summed E-state index contributed by atoms with van der Waals surface area (Å²) in [4.78, 5) is 138. The first-order valence-corrected chi connectivity index (χ1v) is 41.5. The molecule has 1 aromatic heterocycles. The molecule has 0 saturated carbocycles. The van der Waals surface area contributed by atoms with Crippen molar-refractivity contribution in [1.82, 2.24) is 45.6 Å². The van der Waals surface area contributed by atoms with Gasteiger partial charge in [-0.1, -0.05) is 176 Å². The number of aromatic nitrogens is 3. The second kappa shape index (κ2) is 69.0. The SMILES string of the molecule is C.CCCCCCCCCCCCCC(=O)OC(COCCCC(=O)C1CCN(CCN(CCNC(=O)CC)C(=O)CC)CC1)COC(C)=O.CCCCCCCCCCCCCC(=O)OC(COCCNC(=O)CCSCCN(CCNC(=O)CCCc1cn(CCC(=O)O)nn1)C(=O)CC)COC(C)=O. The number of carboxylic acid groups (broad SMARTS) is 1. The number of esters is 4. The van der Waals surface area contributed by atoms with Gasteiger partial charge in [-0.2, -0.15) is 11.8 Å². The van der Waals surface area contributed by atoms with E-state index in [1.165, 1.54) is 121 Å². The highest BCUT2D eigenvalue weighted by atomic mass is 32.2. The average Bonchev–Trinajstić information content (AvgIpc) is 1.12. The molecule has 1 aliphatic heterocycles. The van der Waals surface area contributed by atoms with Gasteiger partial charge in [-0.15, -0.1) is 5.10 Å². The van der Waals surface area contributed by atoms with Crippen LogP contribution in [0.4, 0.5) is 0 Å². The summed E-state index contributed by atoms with van der Waals surface area (Å²) in [6.07, 6.45) is 32.8. The number of hydrogen-bond donors (Lipinski definition) is 4. The second-order valence-corrected chi connectivity index (χ2v) is 28.7. The first-order chi connectivity index (χ1) is 51.2. The Balaban J connectivity index is 0.00000210. The molecule has 4 N–H and O–H groups in total. The Morgan fingerprint density at radius 2 is 0.972 bits per heavy atom. The van der Waals surface area contributed by atoms with Crippen molar-refractivity contribution in [2.24, 2.45) is 5.92 Å². The zero-order valence-corrected chi connectivity index (χ0v) is 67.0. The molecule has 0 spiro atoms. The van der Waals surface area contributed by atoms with Crippen molar-refractivity contribution >= 4 is 76.9 Å². The van der Waals surface area contributed by atoms with Gasteiger partial charge in [0.1, 0.15) is 19.0 Å². The van der Waals surface area contributed by atoms with Crippen LogP contribution in [0, 0.1) is 5.92 Å². The van der Waals surface area contributed by atoms with Gasteiger partial charge in [0.05, 0.1) is 38.5 Å². The van der Waals surface area contributed by atoms with E-state index >= 15 is 0 Å². The lowest BCUT2D eigenvalue weighted by molar-refractivity contribution is -0.162.